The fraction of sp³-hybridized carbons (Fsp3) is 0.739. The van der Waals surface area contributed by atoms with E-state index < -0.39 is 23.6 Å². The van der Waals surface area contributed by atoms with Crippen molar-refractivity contribution in [2.24, 2.45) is 23.7 Å². The summed E-state index contributed by atoms with van der Waals surface area (Å²) in [5.74, 6) is -0.198. The molecule has 0 unspecified atom stereocenters. The van der Waals surface area contributed by atoms with E-state index in [1.165, 1.54) is 18.3 Å². The lowest BCUT2D eigenvalue weighted by atomic mass is 9.57. The van der Waals surface area contributed by atoms with Crippen molar-refractivity contribution >= 4 is 11.6 Å². The van der Waals surface area contributed by atoms with Gasteiger partial charge in [-0.05, 0) is 62.5 Å². The van der Waals surface area contributed by atoms with Crippen LogP contribution in [0, 0.1) is 29.6 Å². The zero-order chi connectivity index (χ0) is 21.8. The second-order valence-electron chi connectivity index (χ2n) is 9.90. The van der Waals surface area contributed by atoms with E-state index in [9.17, 15) is 9.18 Å². The molecule has 1 aromatic rings. The number of fused-ring (bicyclic) bond motifs is 2. The van der Waals surface area contributed by atoms with Crippen LogP contribution in [0.1, 0.15) is 59.3 Å². The molecule has 5 fully saturated rings. The van der Waals surface area contributed by atoms with Gasteiger partial charge in [0.2, 0.25) is 17.6 Å². The molecular formula is C23H31FN2O5. The highest BCUT2D eigenvalue weighted by Crippen LogP contribution is 2.60. The summed E-state index contributed by atoms with van der Waals surface area (Å²) in [6, 6.07) is 2.73. The van der Waals surface area contributed by atoms with Crippen LogP contribution < -0.4 is 5.32 Å². The van der Waals surface area contributed by atoms with E-state index >= 15 is 0 Å². The third-order valence-electron chi connectivity index (χ3n) is 7.96. The number of hydrogen-bond acceptors (Lipinski definition) is 6. The topological polar surface area (TPSA) is 78.9 Å². The monoisotopic (exact) mass is 434 g/mol. The van der Waals surface area contributed by atoms with Gasteiger partial charge in [0, 0.05) is 18.8 Å². The Morgan fingerprint density at radius 1 is 1.23 bits per heavy atom. The normalized spacial score (nSPS) is 43.7. The number of amides is 1. The van der Waals surface area contributed by atoms with Crippen LogP contribution in [0.3, 0.4) is 0 Å². The summed E-state index contributed by atoms with van der Waals surface area (Å²) in [7, 11) is 0. The third-order valence-corrected chi connectivity index (χ3v) is 7.96. The lowest BCUT2D eigenvalue weighted by Crippen LogP contribution is -2.70. The Bertz CT molecular complexity index is 838. The van der Waals surface area contributed by atoms with Gasteiger partial charge in [0.05, 0.1) is 18.0 Å². The Morgan fingerprint density at radius 3 is 2.84 bits per heavy atom. The lowest BCUT2D eigenvalue weighted by molar-refractivity contribution is -0.571. The zero-order valence-corrected chi connectivity index (χ0v) is 18.3. The number of nitrogens with one attached hydrogen (secondary N) is 1. The largest absolute Gasteiger partial charge is 0.346 e. The van der Waals surface area contributed by atoms with E-state index in [1.807, 2.05) is 6.92 Å². The molecule has 1 saturated carbocycles. The Morgan fingerprint density at radius 2 is 2.06 bits per heavy atom. The van der Waals surface area contributed by atoms with Gasteiger partial charge in [0.1, 0.15) is 0 Å². The minimum Gasteiger partial charge on any atom is -0.346 e. The number of hydrogen-bond donors (Lipinski definition) is 1. The van der Waals surface area contributed by atoms with Crippen LogP contribution in [-0.2, 0) is 24.0 Å². The molecule has 8 atom stereocenters. The Balaban J connectivity index is 1.30. The van der Waals surface area contributed by atoms with E-state index in [0.717, 1.165) is 25.7 Å². The molecule has 5 heterocycles. The van der Waals surface area contributed by atoms with Gasteiger partial charge in [0.15, 0.2) is 11.9 Å². The van der Waals surface area contributed by atoms with Crippen LogP contribution in [-0.4, -0.2) is 34.7 Å². The van der Waals surface area contributed by atoms with Crippen molar-refractivity contribution < 1.29 is 28.4 Å². The molecule has 31 heavy (non-hydrogen) atoms. The van der Waals surface area contributed by atoms with Crippen molar-refractivity contribution in [3.8, 4) is 0 Å². The number of pyridine rings is 1. The van der Waals surface area contributed by atoms with Gasteiger partial charge in [-0.25, -0.2) is 14.8 Å². The van der Waals surface area contributed by atoms with Crippen molar-refractivity contribution in [3.63, 3.8) is 0 Å². The minimum absolute atomic E-state index is 0.113. The van der Waals surface area contributed by atoms with E-state index in [-0.39, 0.29) is 23.8 Å². The molecule has 0 aromatic carbocycles. The molecule has 5 aliphatic rings. The molecule has 1 spiro atoms. The van der Waals surface area contributed by atoms with Gasteiger partial charge in [0.25, 0.3) is 0 Å². The highest BCUT2D eigenvalue weighted by Gasteiger charge is 2.69. The third kappa shape index (κ3) is 3.57. The average molecular weight is 435 g/mol. The van der Waals surface area contributed by atoms with Crippen LogP contribution in [0.25, 0.3) is 0 Å². The van der Waals surface area contributed by atoms with Gasteiger partial charge in [-0.15, -0.1) is 0 Å². The van der Waals surface area contributed by atoms with E-state index in [4.69, 9.17) is 19.2 Å². The highest BCUT2D eigenvalue weighted by molar-refractivity contribution is 5.90. The van der Waals surface area contributed by atoms with E-state index in [1.54, 1.807) is 0 Å². The zero-order valence-electron chi connectivity index (χ0n) is 18.3. The van der Waals surface area contributed by atoms with Gasteiger partial charge in [-0.1, -0.05) is 13.8 Å². The maximum atomic E-state index is 13.0. The van der Waals surface area contributed by atoms with E-state index in [0.29, 0.717) is 30.4 Å². The highest BCUT2D eigenvalue weighted by atomic mass is 19.1. The number of carbonyl (C=O) groups is 1. The van der Waals surface area contributed by atoms with Crippen molar-refractivity contribution in [3.05, 3.63) is 24.3 Å². The maximum absolute atomic E-state index is 13.0. The Hall–Kier alpha value is -1.61. The first kappa shape index (κ1) is 21.2. The smallest absolute Gasteiger partial charge is 0.224 e. The molecule has 6 rings (SSSR count). The second-order valence-corrected chi connectivity index (χ2v) is 9.90. The van der Waals surface area contributed by atoms with E-state index in [2.05, 4.69) is 24.1 Å². The molecule has 0 radical (unpaired) electrons. The van der Waals surface area contributed by atoms with Gasteiger partial charge < -0.3 is 14.8 Å². The molecule has 170 valence electrons. The van der Waals surface area contributed by atoms with Crippen LogP contribution in [0.2, 0.25) is 0 Å². The summed E-state index contributed by atoms with van der Waals surface area (Å²) < 4.78 is 25.8. The van der Waals surface area contributed by atoms with Crippen LogP contribution >= 0.6 is 0 Å². The molecular weight excluding hydrogens is 403 g/mol. The summed E-state index contributed by atoms with van der Waals surface area (Å²) >= 11 is 0. The molecule has 4 saturated heterocycles. The molecule has 1 amide bonds. The maximum Gasteiger partial charge on any atom is 0.224 e. The van der Waals surface area contributed by atoms with Gasteiger partial charge in [-0.3, -0.25) is 4.79 Å². The summed E-state index contributed by atoms with van der Waals surface area (Å²) in [5.41, 5.74) is -0.0963. The SMILES string of the molecule is C[C@H]1[C@@H](CCC(=O)Nc2ccc(F)nc2)O[C@@H]2O[C@]3(C)CC[C@H]4[C@H](C)CC[C@@H]1[C@@]24OO3. The Kier molecular flexibility index (Phi) is 5.32. The number of rotatable bonds is 4. The first-order valence-electron chi connectivity index (χ1n) is 11.4. The molecule has 1 aromatic heterocycles. The molecule has 7 nitrogen and oxygen atoms in total. The molecule has 4 aliphatic heterocycles. The molecule has 8 heteroatoms. The lowest BCUT2D eigenvalue weighted by Gasteiger charge is -2.60. The second kappa shape index (κ2) is 7.76. The number of anilines is 1. The quantitative estimate of drug-likeness (QED) is 0.566. The fourth-order valence-electron chi connectivity index (χ4n) is 6.26. The number of carbonyl (C=O) groups excluding carboxylic acids is 1. The fourth-order valence-corrected chi connectivity index (χ4v) is 6.26. The summed E-state index contributed by atoms with van der Waals surface area (Å²) in [4.78, 5) is 28.0. The summed E-state index contributed by atoms with van der Waals surface area (Å²) in [5, 5.41) is 2.77. The predicted octanol–water partition coefficient (Wildman–Crippen LogP) is 4.19. The van der Waals surface area contributed by atoms with Crippen LogP contribution in [0.5, 0.6) is 0 Å². The van der Waals surface area contributed by atoms with Gasteiger partial charge in [-0.2, -0.15) is 4.39 Å². The number of halogens is 1. The first-order chi connectivity index (χ1) is 14.8. The number of aromatic nitrogens is 1. The molecule has 2 bridgehead atoms. The van der Waals surface area contributed by atoms with Crippen molar-refractivity contribution in [1.82, 2.24) is 4.98 Å². The average Bonchev–Trinajstić information content (AvgIpc) is 2.97. The summed E-state index contributed by atoms with van der Waals surface area (Å²) in [6.45, 7) is 6.40. The van der Waals surface area contributed by atoms with Gasteiger partial charge >= 0.3 is 0 Å². The van der Waals surface area contributed by atoms with Crippen LogP contribution in [0.4, 0.5) is 10.1 Å². The predicted molar refractivity (Wildman–Crippen MR) is 109 cm³/mol. The first-order valence-corrected chi connectivity index (χ1v) is 11.4. The standard InChI is InChI=1S/C23H31FN2O5/c1-13-4-6-17-14(2)18(7-9-20(27)26-15-5-8-19(24)25-12-15)28-21-23(17)16(13)10-11-22(3,29-21)30-31-23/h5,8,12-14,16-18,21H,4,6-7,9-11H2,1-3H3,(H,26,27)/t13-,14-,16+,17+,18-,21-,22+,23-/m1/s1. The van der Waals surface area contributed by atoms with Crippen LogP contribution in [0.15, 0.2) is 18.3 Å². The summed E-state index contributed by atoms with van der Waals surface area (Å²) in [6.07, 6.45) is 5.55. The minimum atomic E-state index is -0.796. The van der Waals surface area contributed by atoms with Crippen molar-refractivity contribution in [2.75, 3.05) is 5.32 Å². The molecule has 1 aliphatic carbocycles. The number of ether oxygens (including phenoxy) is 2. The number of nitrogens with zero attached hydrogens (tertiary/aromatic N) is 1. The Labute approximate surface area is 181 Å². The van der Waals surface area contributed by atoms with Crippen molar-refractivity contribution in [2.45, 2.75) is 83.1 Å². The van der Waals surface area contributed by atoms with Crippen molar-refractivity contribution in [1.29, 1.82) is 0 Å². The molecule has 1 N–H and O–H groups in total.